The number of carboxylic acids is 1. The van der Waals surface area contributed by atoms with Gasteiger partial charge in [-0.2, -0.15) is 0 Å². The van der Waals surface area contributed by atoms with Gasteiger partial charge >= 0.3 is 12.1 Å². The summed E-state index contributed by atoms with van der Waals surface area (Å²) in [7, 11) is 0. The molecule has 0 aliphatic rings. The number of alkyl halides is 2. The highest BCUT2D eigenvalue weighted by molar-refractivity contribution is 5.72. The summed E-state index contributed by atoms with van der Waals surface area (Å²) < 4.78 is 61.1. The molecule has 37 heavy (non-hydrogen) atoms. The quantitative estimate of drug-likeness (QED) is 0.314. The summed E-state index contributed by atoms with van der Waals surface area (Å²) in [6.07, 6.45) is -1.88. The van der Waals surface area contributed by atoms with Crippen molar-refractivity contribution in [1.82, 2.24) is 4.90 Å². The number of nitrogens with zero attached hydrogens (tertiary/aromatic N) is 1. The van der Waals surface area contributed by atoms with Crippen LogP contribution in [0.4, 0.5) is 18.0 Å². The van der Waals surface area contributed by atoms with Crippen LogP contribution in [0.25, 0.3) is 0 Å². The number of carbonyl (C=O) groups is 2. The number of hydrogen-bond acceptors (Lipinski definition) is 6. The van der Waals surface area contributed by atoms with Gasteiger partial charge in [-0.15, -0.1) is 0 Å². The molecular formula is C26H32F3NO7. The Balaban J connectivity index is 1.93. The molecule has 0 heterocycles. The van der Waals surface area contributed by atoms with Gasteiger partial charge in [0, 0.05) is 26.0 Å². The Hall–Kier alpha value is -3.31. The number of benzene rings is 2. The molecule has 0 bridgehead atoms. The third kappa shape index (κ3) is 11.1. The van der Waals surface area contributed by atoms with E-state index in [0.717, 1.165) is 17.7 Å². The second-order valence-corrected chi connectivity index (χ2v) is 8.05. The summed E-state index contributed by atoms with van der Waals surface area (Å²) in [5, 5.41) is 9.21. The number of carbonyl (C=O) groups excluding carboxylic acids is 1. The lowest BCUT2D eigenvalue weighted by Crippen LogP contribution is -2.39. The molecule has 0 spiro atoms. The molecule has 0 aliphatic carbocycles. The van der Waals surface area contributed by atoms with Crippen LogP contribution in [0, 0.1) is 5.82 Å². The average molecular weight is 528 g/mol. The molecule has 0 fully saturated rings. The molecule has 0 radical (unpaired) electrons. The van der Waals surface area contributed by atoms with Gasteiger partial charge in [0.25, 0.3) is 5.92 Å². The van der Waals surface area contributed by atoms with E-state index in [1.54, 1.807) is 31.2 Å². The largest absolute Gasteiger partial charge is 0.492 e. The highest BCUT2D eigenvalue weighted by Gasteiger charge is 2.26. The zero-order valence-electron chi connectivity index (χ0n) is 20.8. The van der Waals surface area contributed by atoms with E-state index in [1.165, 1.54) is 24.0 Å². The van der Waals surface area contributed by atoms with Crippen molar-refractivity contribution in [2.45, 2.75) is 38.7 Å². The van der Waals surface area contributed by atoms with Crippen LogP contribution in [-0.4, -0.2) is 73.6 Å². The van der Waals surface area contributed by atoms with Gasteiger partial charge in [-0.05, 0) is 48.9 Å². The van der Waals surface area contributed by atoms with Crippen LogP contribution in [-0.2, 0) is 20.7 Å². The Morgan fingerprint density at radius 2 is 1.59 bits per heavy atom. The van der Waals surface area contributed by atoms with Crippen LogP contribution in [0.15, 0.2) is 48.5 Å². The summed E-state index contributed by atoms with van der Waals surface area (Å²) >= 11 is 0. The molecule has 0 saturated carbocycles. The predicted octanol–water partition coefficient (Wildman–Crippen LogP) is 4.80. The summed E-state index contributed by atoms with van der Waals surface area (Å²) in [6.45, 7) is 2.52. The molecule has 0 aliphatic heterocycles. The first-order chi connectivity index (χ1) is 17.6. The maximum Gasteiger partial charge on any atom is 0.415 e. The normalized spacial score (nSPS) is 12.1. The van der Waals surface area contributed by atoms with Crippen LogP contribution in [0.1, 0.15) is 25.8 Å². The number of rotatable bonds is 16. The van der Waals surface area contributed by atoms with Gasteiger partial charge in [0.2, 0.25) is 0 Å². The monoisotopic (exact) mass is 527 g/mol. The highest BCUT2D eigenvalue weighted by atomic mass is 19.3. The molecule has 1 atom stereocenters. The SMILES string of the molecule is CCOC(Cc1ccc(OCCN(CCOCC(F)(F)CC)C(=O)Oc2ccc(F)cc2)cc1)C(=O)O. The maximum absolute atomic E-state index is 13.4. The summed E-state index contributed by atoms with van der Waals surface area (Å²) in [6, 6.07) is 11.6. The molecule has 2 rings (SSSR count). The number of halogens is 3. The van der Waals surface area contributed by atoms with Gasteiger partial charge < -0.3 is 29.0 Å². The van der Waals surface area contributed by atoms with Crippen molar-refractivity contribution in [3.05, 3.63) is 59.9 Å². The number of hydrogen-bond donors (Lipinski definition) is 1. The standard InChI is InChI=1S/C26H32F3NO7/c1-3-26(28,29)18-34-15-13-30(25(33)37-22-11-7-20(27)8-12-22)14-16-36-21-9-5-19(6-10-21)17-23(24(31)32)35-4-2/h5-12,23H,3-4,13-18H2,1-2H3,(H,31,32). The van der Waals surface area contributed by atoms with Crippen molar-refractivity contribution >= 4 is 12.1 Å². The van der Waals surface area contributed by atoms with Gasteiger partial charge in [-0.25, -0.2) is 22.8 Å². The number of amides is 1. The Morgan fingerprint density at radius 3 is 2.19 bits per heavy atom. The second-order valence-electron chi connectivity index (χ2n) is 8.05. The Morgan fingerprint density at radius 1 is 0.973 bits per heavy atom. The van der Waals surface area contributed by atoms with Gasteiger partial charge in [0.15, 0.2) is 6.10 Å². The zero-order chi connectivity index (χ0) is 27.3. The molecule has 1 unspecified atom stereocenters. The third-order valence-corrected chi connectivity index (χ3v) is 5.23. The molecule has 0 saturated heterocycles. The van der Waals surface area contributed by atoms with Crippen molar-refractivity contribution < 1.29 is 46.8 Å². The zero-order valence-corrected chi connectivity index (χ0v) is 20.8. The van der Waals surface area contributed by atoms with E-state index in [-0.39, 0.29) is 51.5 Å². The second kappa shape index (κ2) is 15.1. The van der Waals surface area contributed by atoms with Crippen LogP contribution in [0.5, 0.6) is 11.5 Å². The molecule has 0 aromatic heterocycles. The molecule has 1 amide bonds. The van der Waals surface area contributed by atoms with Crippen molar-refractivity contribution in [2.75, 3.05) is 39.5 Å². The number of carboxylic acid groups (broad SMARTS) is 1. The van der Waals surface area contributed by atoms with Crippen LogP contribution in [0.3, 0.4) is 0 Å². The van der Waals surface area contributed by atoms with E-state index in [0.29, 0.717) is 5.75 Å². The highest BCUT2D eigenvalue weighted by Crippen LogP contribution is 2.18. The fraction of sp³-hybridized carbons (Fsp3) is 0.462. The van der Waals surface area contributed by atoms with Crippen LogP contribution < -0.4 is 9.47 Å². The van der Waals surface area contributed by atoms with E-state index >= 15 is 0 Å². The third-order valence-electron chi connectivity index (χ3n) is 5.23. The van der Waals surface area contributed by atoms with Gasteiger partial charge in [0.1, 0.15) is 30.5 Å². The Labute approximate surface area is 213 Å². The maximum atomic E-state index is 13.4. The fourth-order valence-corrected chi connectivity index (χ4v) is 3.09. The molecule has 2 aromatic rings. The van der Waals surface area contributed by atoms with E-state index in [2.05, 4.69) is 0 Å². The smallest absolute Gasteiger partial charge is 0.415 e. The minimum atomic E-state index is -2.96. The van der Waals surface area contributed by atoms with Crippen molar-refractivity contribution in [2.24, 2.45) is 0 Å². The fourth-order valence-electron chi connectivity index (χ4n) is 3.09. The van der Waals surface area contributed by atoms with Crippen LogP contribution in [0.2, 0.25) is 0 Å². The van der Waals surface area contributed by atoms with Crippen molar-refractivity contribution in [3.63, 3.8) is 0 Å². The molecule has 2 aromatic carbocycles. The van der Waals surface area contributed by atoms with Crippen molar-refractivity contribution in [3.8, 4) is 11.5 Å². The molecular weight excluding hydrogens is 495 g/mol. The predicted molar refractivity (Wildman–Crippen MR) is 129 cm³/mol. The number of ether oxygens (including phenoxy) is 4. The summed E-state index contributed by atoms with van der Waals surface area (Å²) in [4.78, 5) is 25.1. The first-order valence-electron chi connectivity index (χ1n) is 11.9. The first-order valence-corrected chi connectivity index (χ1v) is 11.9. The Kier molecular flexibility index (Phi) is 12.2. The first kappa shape index (κ1) is 29.9. The minimum absolute atomic E-state index is 0.0316. The molecule has 1 N–H and O–H groups in total. The van der Waals surface area contributed by atoms with E-state index < -0.39 is 36.5 Å². The van der Waals surface area contributed by atoms with E-state index in [1.807, 2.05) is 0 Å². The van der Waals surface area contributed by atoms with Gasteiger partial charge in [0.05, 0.1) is 13.2 Å². The van der Waals surface area contributed by atoms with E-state index in [9.17, 15) is 27.9 Å². The topological polar surface area (TPSA) is 94.5 Å². The minimum Gasteiger partial charge on any atom is -0.492 e. The lowest BCUT2D eigenvalue weighted by atomic mass is 10.1. The molecule has 11 heteroatoms. The summed E-state index contributed by atoms with van der Waals surface area (Å²) in [5.74, 6) is -3.88. The average Bonchev–Trinajstić information content (AvgIpc) is 2.87. The van der Waals surface area contributed by atoms with Gasteiger partial charge in [-0.1, -0.05) is 19.1 Å². The van der Waals surface area contributed by atoms with E-state index in [4.69, 9.17) is 18.9 Å². The lowest BCUT2D eigenvalue weighted by Gasteiger charge is -2.23. The molecule has 8 nitrogen and oxygen atoms in total. The Bertz CT molecular complexity index is 971. The van der Waals surface area contributed by atoms with Crippen LogP contribution >= 0.6 is 0 Å². The summed E-state index contributed by atoms with van der Waals surface area (Å²) in [5.41, 5.74) is 0.749. The number of aliphatic carboxylic acids is 1. The lowest BCUT2D eigenvalue weighted by molar-refractivity contribution is -0.149. The van der Waals surface area contributed by atoms with Gasteiger partial charge in [-0.3, -0.25) is 0 Å². The molecule has 204 valence electrons. The van der Waals surface area contributed by atoms with Crippen molar-refractivity contribution in [1.29, 1.82) is 0 Å².